The lowest BCUT2D eigenvalue weighted by atomic mass is 10.2. The van der Waals surface area contributed by atoms with Crippen LogP contribution in [0, 0.1) is 0 Å². The Morgan fingerprint density at radius 1 is 1.09 bits per heavy atom. The monoisotopic (exact) mass is 304 g/mol. The topological polar surface area (TPSA) is 48.2 Å². The number of nitrogens with one attached hydrogen (secondary N) is 1. The lowest BCUT2D eigenvalue weighted by molar-refractivity contribution is -0.915. The quantitative estimate of drug-likeness (QED) is 0.833. The molecule has 0 aliphatic carbocycles. The van der Waals surface area contributed by atoms with Crippen LogP contribution in [0.25, 0.3) is 0 Å². The molecule has 0 spiro atoms. The largest absolute Gasteiger partial charge is 0.508 e. The molecule has 0 aromatic heterocycles. The van der Waals surface area contributed by atoms with Gasteiger partial charge in [0.25, 0.3) is 5.91 Å². The first kappa shape index (κ1) is 15.2. The zero-order chi connectivity index (χ0) is 15.5. The number of amides is 1. The van der Waals surface area contributed by atoms with Crippen LogP contribution in [0.5, 0.6) is 5.75 Å². The number of quaternary nitrogens is 1. The van der Waals surface area contributed by atoms with Crippen molar-refractivity contribution in [2.45, 2.75) is 25.8 Å². The predicted octanol–water partition coefficient (Wildman–Crippen LogP) is 0.108. The van der Waals surface area contributed by atoms with Gasteiger partial charge in [0.05, 0.1) is 26.2 Å². The second-order valence-corrected chi connectivity index (χ2v) is 6.42. The number of piperazine rings is 1. The van der Waals surface area contributed by atoms with Gasteiger partial charge in [-0.1, -0.05) is 0 Å². The van der Waals surface area contributed by atoms with Crippen LogP contribution in [-0.4, -0.2) is 61.2 Å². The molecule has 0 saturated carbocycles. The Balaban J connectivity index is 1.54. The van der Waals surface area contributed by atoms with E-state index in [1.807, 2.05) is 17.0 Å². The number of anilines is 1. The number of carbonyl (C=O) groups is 1. The normalized spacial score (nSPS) is 21.1. The van der Waals surface area contributed by atoms with E-state index in [9.17, 15) is 9.90 Å². The van der Waals surface area contributed by atoms with E-state index in [0.29, 0.717) is 11.7 Å². The Labute approximate surface area is 132 Å². The van der Waals surface area contributed by atoms with Crippen LogP contribution in [-0.2, 0) is 4.79 Å². The molecular weight excluding hydrogens is 278 g/mol. The van der Waals surface area contributed by atoms with E-state index in [4.69, 9.17) is 0 Å². The van der Waals surface area contributed by atoms with Gasteiger partial charge in [-0.2, -0.15) is 0 Å². The number of likely N-dealkylation sites (tertiary alicyclic amines) is 1. The van der Waals surface area contributed by atoms with Gasteiger partial charge >= 0.3 is 0 Å². The maximum Gasteiger partial charge on any atom is 0.280 e. The summed E-state index contributed by atoms with van der Waals surface area (Å²) in [5.74, 6) is 0.628. The van der Waals surface area contributed by atoms with Crippen LogP contribution >= 0.6 is 0 Å². The second-order valence-electron chi connectivity index (χ2n) is 6.42. The Hall–Kier alpha value is -1.75. The zero-order valence-corrected chi connectivity index (χ0v) is 13.3. The van der Waals surface area contributed by atoms with E-state index in [2.05, 4.69) is 11.8 Å². The molecule has 2 N–H and O–H groups in total. The summed E-state index contributed by atoms with van der Waals surface area (Å²) in [5, 5.41) is 9.37. The number of benzene rings is 1. The zero-order valence-electron chi connectivity index (χ0n) is 13.3. The number of nitrogens with zero attached hydrogens (tertiary/aromatic N) is 2. The molecule has 1 aromatic rings. The molecule has 1 atom stereocenters. The minimum absolute atomic E-state index is 0.0695. The van der Waals surface area contributed by atoms with Crippen LogP contribution in [0.1, 0.15) is 19.8 Å². The fraction of sp³-hybridized carbons (Fsp3) is 0.588. The van der Waals surface area contributed by atoms with Crippen LogP contribution in [0.15, 0.2) is 24.3 Å². The molecule has 2 heterocycles. The van der Waals surface area contributed by atoms with E-state index in [0.717, 1.165) is 57.8 Å². The summed E-state index contributed by atoms with van der Waals surface area (Å²) in [6, 6.07) is 7.44. The van der Waals surface area contributed by atoms with Gasteiger partial charge in [0, 0.05) is 18.8 Å². The van der Waals surface area contributed by atoms with Crippen LogP contribution < -0.4 is 9.80 Å². The van der Waals surface area contributed by atoms with Crippen molar-refractivity contribution in [3.05, 3.63) is 24.3 Å². The minimum Gasteiger partial charge on any atom is -0.508 e. The average molecular weight is 304 g/mol. The van der Waals surface area contributed by atoms with E-state index in [1.54, 1.807) is 12.1 Å². The van der Waals surface area contributed by atoms with Gasteiger partial charge in [-0.05, 0) is 44.0 Å². The number of phenolic OH excluding ortho intramolecular Hbond substituents is 1. The highest BCUT2D eigenvalue weighted by atomic mass is 16.3. The van der Waals surface area contributed by atoms with E-state index < -0.39 is 0 Å². The van der Waals surface area contributed by atoms with Gasteiger partial charge in [0.15, 0.2) is 6.04 Å². The summed E-state index contributed by atoms with van der Waals surface area (Å²) in [7, 11) is 0. The molecule has 0 radical (unpaired) electrons. The Morgan fingerprint density at radius 2 is 1.68 bits per heavy atom. The summed E-state index contributed by atoms with van der Waals surface area (Å²) in [6.45, 7) is 7.84. The average Bonchev–Trinajstić information content (AvgIpc) is 3.09. The highest BCUT2D eigenvalue weighted by Crippen LogP contribution is 2.18. The predicted molar refractivity (Wildman–Crippen MR) is 86.3 cm³/mol. The van der Waals surface area contributed by atoms with Crippen molar-refractivity contribution in [1.29, 1.82) is 0 Å². The first-order valence-electron chi connectivity index (χ1n) is 8.32. The standard InChI is InChI=1S/C17H25N3O2/c1-14(17(22)20-8-2-3-9-20)18-10-12-19(13-11-18)15-4-6-16(21)7-5-15/h4-7,14,21H,2-3,8-13H2,1H3/p+1/t14-/m1/s1. The molecule has 5 heteroatoms. The molecule has 2 aliphatic heterocycles. The highest BCUT2D eigenvalue weighted by molar-refractivity contribution is 5.80. The Morgan fingerprint density at radius 3 is 2.27 bits per heavy atom. The molecule has 0 bridgehead atoms. The van der Waals surface area contributed by atoms with E-state index >= 15 is 0 Å². The van der Waals surface area contributed by atoms with Gasteiger partial charge in [-0.25, -0.2) is 0 Å². The lowest BCUT2D eigenvalue weighted by Crippen LogP contribution is -3.19. The van der Waals surface area contributed by atoms with Gasteiger partial charge in [0.1, 0.15) is 5.75 Å². The molecule has 120 valence electrons. The fourth-order valence-corrected chi connectivity index (χ4v) is 3.53. The minimum atomic E-state index is 0.0695. The molecular formula is C17H26N3O2+. The number of phenols is 1. The van der Waals surface area contributed by atoms with Gasteiger partial charge < -0.3 is 19.8 Å². The molecule has 2 saturated heterocycles. The van der Waals surface area contributed by atoms with Crippen LogP contribution in [0.4, 0.5) is 5.69 Å². The Kier molecular flexibility index (Phi) is 4.52. The van der Waals surface area contributed by atoms with Gasteiger partial charge in [-0.15, -0.1) is 0 Å². The van der Waals surface area contributed by atoms with Crippen molar-refractivity contribution < 1.29 is 14.8 Å². The Bertz CT molecular complexity index is 503. The second kappa shape index (κ2) is 6.57. The number of hydrogen-bond donors (Lipinski definition) is 2. The summed E-state index contributed by atoms with van der Waals surface area (Å²) in [4.78, 5) is 18.3. The molecule has 1 amide bonds. The maximum atomic E-state index is 12.5. The number of rotatable bonds is 3. The number of carbonyl (C=O) groups excluding carboxylic acids is 1. The summed E-state index contributed by atoms with van der Waals surface area (Å²) < 4.78 is 0. The summed E-state index contributed by atoms with van der Waals surface area (Å²) in [6.07, 6.45) is 2.31. The van der Waals surface area contributed by atoms with Crippen molar-refractivity contribution in [2.24, 2.45) is 0 Å². The van der Waals surface area contributed by atoms with Crippen molar-refractivity contribution in [3.63, 3.8) is 0 Å². The highest BCUT2D eigenvalue weighted by Gasteiger charge is 2.32. The first-order valence-corrected chi connectivity index (χ1v) is 8.32. The molecule has 0 unspecified atom stereocenters. The van der Waals surface area contributed by atoms with Crippen molar-refractivity contribution in [1.82, 2.24) is 4.90 Å². The fourth-order valence-electron chi connectivity index (χ4n) is 3.53. The smallest absolute Gasteiger partial charge is 0.280 e. The molecule has 2 fully saturated rings. The lowest BCUT2D eigenvalue weighted by Gasteiger charge is -2.36. The third-order valence-corrected chi connectivity index (χ3v) is 5.02. The van der Waals surface area contributed by atoms with Gasteiger partial charge in [0.2, 0.25) is 0 Å². The van der Waals surface area contributed by atoms with E-state index in [1.165, 1.54) is 4.90 Å². The summed E-state index contributed by atoms with van der Waals surface area (Å²) >= 11 is 0. The number of hydrogen-bond acceptors (Lipinski definition) is 3. The SMILES string of the molecule is C[C@H](C(=O)N1CCCC1)[NH+]1CCN(c2ccc(O)cc2)CC1. The third kappa shape index (κ3) is 3.19. The third-order valence-electron chi connectivity index (χ3n) is 5.02. The van der Waals surface area contributed by atoms with Crippen molar-refractivity contribution >= 4 is 11.6 Å². The molecule has 5 nitrogen and oxygen atoms in total. The summed E-state index contributed by atoms with van der Waals surface area (Å²) in [5.41, 5.74) is 1.15. The molecule has 2 aliphatic rings. The van der Waals surface area contributed by atoms with Gasteiger partial charge in [-0.3, -0.25) is 4.79 Å². The number of aromatic hydroxyl groups is 1. The first-order chi connectivity index (χ1) is 10.6. The van der Waals surface area contributed by atoms with E-state index in [-0.39, 0.29) is 6.04 Å². The van der Waals surface area contributed by atoms with Crippen molar-refractivity contribution in [2.75, 3.05) is 44.2 Å². The van der Waals surface area contributed by atoms with Crippen LogP contribution in [0.3, 0.4) is 0 Å². The molecule has 22 heavy (non-hydrogen) atoms. The van der Waals surface area contributed by atoms with Crippen LogP contribution in [0.2, 0.25) is 0 Å². The van der Waals surface area contributed by atoms with Crippen molar-refractivity contribution in [3.8, 4) is 5.75 Å². The molecule has 3 rings (SSSR count). The maximum absolute atomic E-state index is 12.5. The molecule has 1 aromatic carbocycles.